The highest BCUT2D eigenvalue weighted by molar-refractivity contribution is 5.95. The first-order valence-corrected chi connectivity index (χ1v) is 7.74. The van der Waals surface area contributed by atoms with Crippen molar-refractivity contribution in [1.29, 1.82) is 0 Å². The van der Waals surface area contributed by atoms with Crippen LogP contribution >= 0.6 is 0 Å². The van der Waals surface area contributed by atoms with Crippen molar-refractivity contribution in [3.05, 3.63) is 53.3 Å². The van der Waals surface area contributed by atoms with Crippen LogP contribution in [-0.2, 0) is 5.54 Å². The lowest BCUT2D eigenvalue weighted by Crippen LogP contribution is -2.35. The van der Waals surface area contributed by atoms with Gasteiger partial charge in [0.25, 0.3) is 5.91 Å². The number of aromatic nitrogens is 1. The number of nitrogens with one attached hydrogen (secondary N) is 1. The number of carboxylic acid groups (broad SMARTS) is 1. The van der Waals surface area contributed by atoms with Gasteiger partial charge in [0, 0.05) is 17.7 Å². The molecule has 1 heterocycles. The second kappa shape index (κ2) is 6.43. The summed E-state index contributed by atoms with van der Waals surface area (Å²) in [4.78, 5) is 27.7. The maximum atomic E-state index is 12.7. The molecule has 3 rings (SSSR count). The maximum Gasteiger partial charge on any atom is 0.354 e. The average Bonchev–Trinajstić information content (AvgIpc) is 3.41. The summed E-state index contributed by atoms with van der Waals surface area (Å²) in [6.07, 6.45) is 1.55. The van der Waals surface area contributed by atoms with Crippen molar-refractivity contribution >= 4 is 11.9 Å². The third-order valence-corrected chi connectivity index (χ3v) is 4.21. The molecule has 25 heavy (non-hydrogen) atoms. The van der Waals surface area contributed by atoms with E-state index in [9.17, 15) is 9.59 Å². The number of benzene rings is 1. The molecule has 0 radical (unpaired) electrons. The predicted octanol–water partition coefficient (Wildman–Crippen LogP) is 2.22. The number of nitrogens with zero attached hydrogens (tertiary/aromatic N) is 1. The molecule has 2 aromatic rings. The Bertz CT molecular complexity index is 830. The van der Waals surface area contributed by atoms with E-state index in [1.807, 2.05) is 24.3 Å². The van der Waals surface area contributed by atoms with Gasteiger partial charge in [0.05, 0.1) is 19.8 Å². The summed E-state index contributed by atoms with van der Waals surface area (Å²) in [6.45, 7) is 0. The van der Waals surface area contributed by atoms with Crippen molar-refractivity contribution in [1.82, 2.24) is 10.3 Å². The van der Waals surface area contributed by atoms with Crippen LogP contribution in [0.15, 0.2) is 36.4 Å². The van der Waals surface area contributed by atoms with Crippen molar-refractivity contribution in [3.63, 3.8) is 0 Å². The Morgan fingerprint density at radius 3 is 2.40 bits per heavy atom. The van der Waals surface area contributed by atoms with E-state index in [1.54, 1.807) is 7.11 Å². The number of carbonyl (C=O) groups is 2. The fourth-order valence-corrected chi connectivity index (χ4v) is 2.76. The number of rotatable bonds is 6. The zero-order valence-corrected chi connectivity index (χ0v) is 13.9. The Balaban J connectivity index is 1.90. The van der Waals surface area contributed by atoms with Crippen LogP contribution in [0.25, 0.3) is 0 Å². The fourth-order valence-electron chi connectivity index (χ4n) is 2.76. The van der Waals surface area contributed by atoms with E-state index in [1.165, 1.54) is 19.2 Å². The molecule has 1 aliphatic carbocycles. The number of hydrogen-bond acceptors (Lipinski definition) is 5. The molecule has 1 aliphatic rings. The van der Waals surface area contributed by atoms with Crippen LogP contribution in [-0.4, -0.2) is 36.2 Å². The summed E-state index contributed by atoms with van der Waals surface area (Å²) in [5.74, 6) is -0.714. The number of carbonyl (C=O) groups excluding carboxylic acids is 1. The number of amides is 1. The van der Waals surface area contributed by atoms with E-state index in [2.05, 4.69) is 10.3 Å². The van der Waals surface area contributed by atoms with Crippen molar-refractivity contribution in [3.8, 4) is 11.5 Å². The Morgan fingerprint density at radius 1 is 1.12 bits per heavy atom. The first-order valence-electron chi connectivity index (χ1n) is 7.74. The number of methoxy groups -OCH3 is 2. The van der Waals surface area contributed by atoms with Crippen molar-refractivity contribution in [2.45, 2.75) is 18.4 Å². The molecule has 2 N–H and O–H groups in total. The number of pyridine rings is 1. The van der Waals surface area contributed by atoms with Gasteiger partial charge in [0.15, 0.2) is 5.69 Å². The molecule has 130 valence electrons. The molecule has 1 saturated carbocycles. The fraction of sp³-hybridized carbons (Fsp3) is 0.278. The first-order chi connectivity index (χ1) is 12.0. The van der Waals surface area contributed by atoms with E-state index in [-0.39, 0.29) is 17.1 Å². The Morgan fingerprint density at radius 2 is 1.80 bits per heavy atom. The summed E-state index contributed by atoms with van der Waals surface area (Å²) in [5, 5.41) is 12.1. The van der Waals surface area contributed by atoms with E-state index in [0.717, 1.165) is 18.4 Å². The van der Waals surface area contributed by atoms with Crippen LogP contribution in [0.1, 0.15) is 39.4 Å². The minimum Gasteiger partial charge on any atom is -0.497 e. The largest absolute Gasteiger partial charge is 0.497 e. The number of ether oxygens (including phenoxy) is 2. The molecule has 0 spiro atoms. The zero-order chi connectivity index (χ0) is 18.0. The highest BCUT2D eigenvalue weighted by Crippen LogP contribution is 2.49. The van der Waals surface area contributed by atoms with Crippen LogP contribution in [0.4, 0.5) is 0 Å². The standard InChI is InChI=1S/C18H18N2O5/c1-24-11-9-13(19-14(10-11)17(22)23)16(21)20-18(7-8-18)12-5-3-4-6-15(12)25-2/h3-6,9-10H,7-8H2,1-2H3,(H,20,21)(H,22,23). The van der Waals surface area contributed by atoms with Gasteiger partial charge in [-0.15, -0.1) is 0 Å². The normalized spacial score (nSPS) is 14.5. The molecular formula is C18H18N2O5. The minimum absolute atomic E-state index is 0.00192. The topological polar surface area (TPSA) is 97.8 Å². The molecule has 1 amide bonds. The van der Waals surface area contributed by atoms with E-state index < -0.39 is 17.4 Å². The second-order valence-corrected chi connectivity index (χ2v) is 5.82. The van der Waals surface area contributed by atoms with Gasteiger partial charge in [-0.05, 0) is 18.9 Å². The molecular weight excluding hydrogens is 324 g/mol. The molecule has 0 aliphatic heterocycles. The van der Waals surface area contributed by atoms with Crippen LogP contribution in [0.3, 0.4) is 0 Å². The smallest absolute Gasteiger partial charge is 0.354 e. The quantitative estimate of drug-likeness (QED) is 0.835. The van der Waals surface area contributed by atoms with Gasteiger partial charge >= 0.3 is 5.97 Å². The third-order valence-electron chi connectivity index (χ3n) is 4.21. The molecule has 0 unspecified atom stereocenters. The van der Waals surface area contributed by atoms with Crippen LogP contribution < -0.4 is 14.8 Å². The second-order valence-electron chi connectivity index (χ2n) is 5.82. The van der Waals surface area contributed by atoms with Gasteiger partial charge in [-0.3, -0.25) is 4.79 Å². The Labute approximate surface area is 144 Å². The van der Waals surface area contributed by atoms with E-state index in [0.29, 0.717) is 5.75 Å². The van der Waals surface area contributed by atoms with Crippen molar-refractivity contribution in [2.75, 3.05) is 14.2 Å². The molecule has 1 aromatic carbocycles. The molecule has 1 aromatic heterocycles. The van der Waals surface area contributed by atoms with Gasteiger partial charge in [-0.25, -0.2) is 9.78 Å². The third kappa shape index (κ3) is 3.26. The van der Waals surface area contributed by atoms with Gasteiger partial charge < -0.3 is 19.9 Å². The lowest BCUT2D eigenvalue weighted by Gasteiger charge is -2.20. The summed E-state index contributed by atoms with van der Waals surface area (Å²) < 4.78 is 10.4. The van der Waals surface area contributed by atoms with Crippen molar-refractivity contribution in [2.24, 2.45) is 0 Å². The highest BCUT2D eigenvalue weighted by atomic mass is 16.5. The van der Waals surface area contributed by atoms with Crippen LogP contribution in [0.2, 0.25) is 0 Å². The molecule has 7 heteroatoms. The molecule has 0 atom stereocenters. The summed E-state index contributed by atoms with van der Waals surface area (Å²) in [6, 6.07) is 10.2. The van der Waals surface area contributed by atoms with Gasteiger partial charge in [-0.2, -0.15) is 0 Å². The predicted molar refractivity (Wildman–Crippen MR) is 89.1 cm³/mol. The molecule has 0 bridgehead atoms. The lowest BCUT2D eigenvalue weighted by molar-refractivity contribution is 0.0690. The summed E-state index contributed by atoms with van der Waals surface area (Å²) >= 11 is 0. The number of carboxylic acids is 1. The molecule has 1 fully saturated rings. The Kier molecular flexibility index (Phi) is 4.31. The number of hydrogen-bond donors (Lipinski definition) is 2. The summed E-state index contributed by atoms with van der Waals surface area (Å²) in [5.41, 5.74) is 0.134. The van der Waals surface area contributed by atoms with Crippen molar-refractivity contribution < 1.29 is 24.2 Å². The monoisotopic (exact) mass is 342 g/mol. The summed E-state index contributed by atoms with van der Waals surface area (Å²) in [7, 11) is 2.99. The Hall–Kier alpha value is -3.09. The van der Waals surface area contributed by atoms with Crippen LogP contribution in [0, 0.1) is 0 Å². The average molecular weight is 342 g/mol. The SMILES string of the molecule is COc1cc(C(=O)O)nc(C(=O)NC2(c3ccccc3OC)CC2)c1. The minimum atomic E-state index is -1.22. The van der Waals surface area contributed by atoms with Crippen LogP contribution in [0.5, 0.6) is 11.5 Å². The molecule has 0 saturated heterocycles. The lowest BCUT2D eigenvalue weighted by atomic mass is 10.0. The highest BCUT2D eigenvalue weighted by Gasteiger charge is 2.47. The maximum absolute atomic E-state index is 12.7. The number of aromatic carboxylic acids is 1. The zero-order valence-electron chi connectivity index (χ0n) is 13.9. The van der Waals surface area contributed by atoms with Gasteiger partial charge in [0.1, 0.15) is 17.2 Å². The van der Waals surface area contributed by atoms with E-state index in [4.69, 9.17) is 14.6 Å². The van der Waals surface area contributed by atoms with E-state index >= 15 is 0 Å². The molecule has 7 nitrogen and oxygen atoms in total. The van der Waals surface area contributed by atoms with Gasteiger partial charge in [0.2, 0.25) is 0 Å². The first kappa shape index (κ1) is 16.8. The number of para-hydroxylation sites is 1. The van der Waals surface area contributed by atoms with Gasteiger partial charge in [-0.1, -0.05) is 18.2 Å².